The second-order valence-corrected chi connectivity index (χ2v) is 6.93. The van der Waals surface area contributed by atoms with Gasteiger partial charge in [-0.25, -0.2) is 0 Å². The molecule has 2 rings (SSSR count). The lowest BCUT2D eigenvalue weighted by molar-refractivity contribution is 0.101. The lowest BCUT2D eigenvalue weighted by atomic mass is 9.62. The van der Waals surface area contributed by atoms with Crippen LogP contribution < -0.4 is 4.74 Å². The van der Waals surface area contributed by atoms with Gasteiger partial charge in [0.2, 0.25) is 0 Å². The van der Waals surface area contributed by atoms with Gasteiger partial charge in [-0.3, -0.25) is 4.79 Å². The smallest absolute Gasteiger partial charge is 0.159 e. The fourth-order valence-corrected chi connectivity index (χ4v) is 3.10. The average molecular weight is 260 g/mol. The standard InChI is InChI=1S/C17H24O2/c1-11(18)12-9-13-15(14(10-12)19-6)17(4,5)8-7-16(13,2)3/h9-10H,7-8H2,1-6H3. The molecule has 1 aromatic carbocycles. The quantitative estimate of drug-likeness (QED) is 0.743. The van der Waals surface area contributed by atoms with Crippen LogP contribution in [0.5, 0.6) is 5.75 Å². The summed E-state index contributed by atoms with van der Waals surface area (Å²) in [6.07, 6.45) is 2.28. The molecule has 0 amide bonds. The third kappa shape index (κ3) is 2.29. The molecule has 19 heavy (non-hydrogen) atoms. The molecule has 1 aliphatic rings. The van der Waals surface area contributed by atoms with Crippen molar-refractivity contribution < 1.29 is 9.53 Å². The molecular weight excluding hydrogens is 236 g/mol. The molecule has 0 aromatic heterocycles. The Labute approximate surface area is 116 Å². The predicted molar refractivity (Wildman–Crippen MR) is 78.3 cm³/mol. The first-order valence-corrected chi connectivity index (χ1v) is 6.93. The maximum atomic E-state index is 11.7. The summed E-state index contributed by atoms with van der Waals surface area (Å²) in [6.45, 7) is 10.6. The first-order chi connectivity index (χ1) is 8.69. The van der Waals surface area contributed by atoms with E-state index in [0.717, 1.165) is 24.2 Å². The minimum Gasteiger partial charge on any atom is -0.496 e. The van der Waals surface area contributed by atoms with Crippen LogP contribution in [0.4, 0.5) is 0 Å². The topological polar surface area (TPSA) is 26.3 Å². The maximum Gasteiger partial charge on any atom is 0.159 e. The highest BCUT2D eigenvalue weighted by Crippen LogP contribution is 2.49. The second kappa shape index (κ2) is 4.36. The van der Waals surface area contributed by atoms with Crippen LogP contribution in [0.25, 0.3) is 0 Å². The van der Waals surface area contributed by atoms with Gasteiger partial charge in [-0.2, -0.15) is 0 Å². The molecule has 104 valence electrons. The van der Waals surface area contributed by atoms with Crippen molar-refractivity contribution in [3.8, 4) is 5.75 Å². The summed E-state index contributed by atoms with van der Waals surface area (Å²) in [5.41, 5.74) is 3.50. The molecule has 0 saturated heterocycles. The largest absolute Gasteiger partial charge is 0.496 e. The molecule has 1 aliphatic carbocycles. The van der Waals surface area contributed by atoms with E-state index in [1.54, 1.807) is 14.0 Å². The molecule has 1 aromatic rings. The number of fused-ring (bicyclic) bond motifs is 1. The number of hydrogen-bond donors (Lipinski definition) is 0. The fraction of sp³-hybridized carbons (Fsp3) is 0.588. The number of ketones is 1. The Morgan fingerprint density at radius 1 is 1.11 bits per heavy atom. The normalized spacial score (nSPS) is 19.7. The number of hydrogen-bond acceptors (Lipinski definition) is 2. The summed E-state index contributed by atoms with van der Waals surface area (Å²) >= 11 is 0. The number of carbonyl (C=O) groups is 1. The number of methoxy groups -OCH3 is 1. The molecule has 0 heterocycles. The van der Waals surface area contributed by atoms with Gasteiger partial charge in [0.05, 0.1) is 7.11 Å². The van der Waals surface area contributed by atoms with E-state index < -0.39 is 0 Å². The molecule has 2 heteroatoms. The molecule has 0 saturated carbocycles. The Bertz CT molecular complexity index is 524. The van der Waals surface area contributed by atoms with Gasteiger partial charge >= 0.3 is 0 Å². The summed E-state index contributed by atoms with van der Waals surface area (Å²) in [5, 5.41) is 0. The van der Waals surface area contributed by atoms with E-state index in [0.29, 0.717) is 0 Å². The van der Waals surface area contributed by atoms with Crippen LogP contribution in [0.2, 0.25) is 0 Å². The summed E-state index contributed by atoms with van der Waals surface area (Å²) in [4.78, 5) is 11.7. The van der Waals surface area contributed by atoms with Crippen molar-refractivity contribution in [1.29, 1.82) is 0 Å². The second-order valence-electron chi connectivity index (χ2n) is 6.93. The zero-order valence-electron chi connectivity index (χ0n) is 12.9. The minimum absolute atomic E-state index is 0.0975. The molecular formula is C17H24O2. The van der Waals surface area contributed by atoms with Gasteiger partial charge in [-0.15, -0.1) is 0 Å². The molecule has 0 radical (unpaired) electrons. The third-order valence-electron chi connectivity index (χ3n) is 4.51. The lowest BCUT2D eigenvalue weighted by Gasteiger charge is -2.42. The van der Waals surface area contributed by atoms with E-state index in [4.69, 9.17) is 4.74 Å². The third-order valence-corrected chi connectivity index (χ3v) is 4.51. The Morgan fingerprint density at radius 3 is 2.21 bits per heavy atom. The van der Waals surface area contributed by atoms with Crippen molar-refractivity contribution in [2.75, 3.05) is 7.11 Å². The van der Waals surface area contributed by atoms with Crippen LogP contribution >= 0.6 is 0 Å². The molecule has 0 N–H and O–H groups in total. The van der Waals surface area contributed by atoms with Gasteiger partial charge < -0.3 is 4.74 Å². The molecule has 0 bridgehead atoms. The van der Waals surface area contributed by atoms with Gasteiger partial charge in [0.1, 0.15) is 5.75 Å². The molecule has 0 fully saturated rings. The van der Waals surface area contributed by atoms with Crippen LogP contribution in [0.15, 0.2) is 12.1 Å². The van der Waals surface area contributed by atoms with Crippen LogP contribution in [0.1, 0.15) is 68.9 Å². The first kappa shape index (κ1) is 14.1. The van der Waals surface area contributed by atoms with Crippen LogP contribution in [-0.2, 0) is 10.8 Å². The first-order valence-electron chi connectivity index (χ1n) is 6.93. The van der Waals surface area contributed by atoms with Gasteiger partial charge in [-0.1, -0.05) is 27.7 Å². The molecule has 0 atom stereocenters. The van der Waals surface area contributed by atoms with Crippen molar-refractivity contribution in [1.82, 2.24) is 0 Å². The van der Waals surface area contributed by atoms with Crippen molar-refractivity contribution in [3.63, 3.8) is 0 Å². The van der Waals surface area contributed by atoms with Crippen LogP contribution in [0.3, 0.4) is 0 Å². The van der Waals surface area contributed by atoms with Gasteiger partial charge in [-0.05, 0) is 48.3 Å². The van der Waals surface area contributed by atoms with Crippen molar-refractivity contribution in [2.24, 2.45) is 0 Å². The monoisotopic (exact) mass is 260 g/mol. The number of benzene rings is 1. The molecule has 2 nitrogen and oxygen atoms in total. The molecule has 0 aliphatic heterocycles. The summed E-state index contributed by atoms with van der Waals surface area (Å²) in [6, 6.07) is 3.96. The van der Waals surface area contributed by atoms with Gasteiger partial charge in [0, 0.05) is 11.1 Å². The lowest BCUT2D eigenvalue weighted by Crippen LogP contribution is -2.34. The Morgan fingerprint density at radius 2 is 1.68 bits per heavy atom. The van der Waals surface area contributed by atoms with E-state index in [-0.39, 0.29) is 16.6 Å². The van der Waals surface area contributed by atoms with Crippen LogP contribution in [-0.4, -0.2) is 12.9 Å². The highest BCUT2D eigenvalue weighted by molar-refractivity contribution is 5.95. The van der Waals surface area contributed by atoms with Crippen molar-refractivity contribution in [2.45, 2.75) is 58.3 Å². The van der Waals surface area contributed by atoms with E-state index in [2.05, 4.69) is 33.8 Å². The predicted octanol–water partition coefficient (Wildman–Crippen LogP) is 4.25. The SMILES string of the molecule is COc1cc(C(C)=O)cc2c1C(C)(C)CCC2(C)C. The van der Waals surface area contributed by atoms with E-state index in [1.165, 1.54) is 11.1 Å². The number of rotatable bonds is 2. The highest BCUT2D eigenvalue weighted by Gasteiger charge is 2.39. The summed E-state index contributed by atoms with van der Waals surface area (Å²) in [5.74, 6) is 0.959. The highest BCUT2D eigenvalue weighted by atomic mass is 16.5. The molecule has 0 spiro atoms. The Balaban J connectivity index is 2.78. The molecule has 0 unspecified atom stereocenters. The number of ether oxygens (including phenoxy) is 1. The van der Waals surface area contributed by atoms with E-state index in [9.17, 15) is 4.79 Å². The van der Waals surface area contributed by atoms with Crippen LogP contribution in [0, 0.1) is 0 Å². The number of Topliss-reactive ketones (excluding diaryl/α,β-unsaturated/α-hetero) is 1. The fourth-order valence-electron chi connectivity index (χ4n) is 3.10. The van der Waals surface area contributed by atoms with Crippen molar-refractivity contribution in [3.05, 3.63) is 28.8 Å². The van der Waals surface area contributed by atoms with Crippen molar-refractivity contribution >= 4 is 5.78 Å². The van der Waals surface area contributed by atoms with E-state index >= 15 is 0 Å². The summed E-state index contributed by atoms with van der Waals surface area (Å²) < 4.78 is 5.58. The average Bonchev–Trinajstić information content (AvgIpc) is 2.33. The summed E-state index contributed by atoms with van der Waals surface area (Å²) in [7, 11) is 1.69. The zero-order chi connectivity index (χ0) is 14.4. The zero-order valence-corrected chi connectivity index (χ0v) is 12.9. The van der Waals surface area contributed by atoms with E-state index in [1.807, 2.05) is 6.07 Å². The maximum absolute atomic E-state index is 11.7. The van der Waals surface area contributed by atoms with Gasteiger partial charge in [0.15, 0.2) is 5.78 Å². The number of carbonyl (C=O) groups excluding carboxylic acids is 1. The Kier molecular flexibility index (Phi) is 3.24. The Hall–Kier alpha value is -1.31. The minimum atomic E-state index is 0.0975. The van der Waals surface area contributed by atoms with Gasteiger partial charge in [0.25, 0.3) is 0 Å².